The second-order valence-electron chi connectivity index (χ2n) is 3.43. The van der Waals surface area contributed by atoms with Gasteiger partial charge in [0.15, 0.2) is 6.61 Å². The Morgan fingerprint density at radius 1 is 1.41 bits per heavy atom. The smallest absolute Gasteiger partial charge is 0.260 e. The van der Waals surface area contributed by atoms with Crippen LogP contribution >= 0.6 is 34.2 Å². The Labute approximate surface area is 120 Å². The van der Waals surface area contributed by atoms with E-state index in [0.717, 1.165) is 3.57 Å². The van der Waals surface area contributed by atoms with E-state index < -0.39 is 0 Å². The topological polar surface area (TPSA) is 29.5 Å². The van der Waals surface area contributed by atoms with Crippen LogP contribution in [0.1, 0.15) is 13.8 Å². The molecule has 0 atom stereocenters. The van der Waals surface area contributed by atoms with Gasteiger partial charge in [0.1, 0.15) is 5.75 Å². The highest BCUT2D eigenvalue weighted by atomic mass is 127. The molecule has 0 bridgehead atoms. The van der Waals surface area contributed by atoms with Crippen LogP contribution in [-0.2, 0) is 4.79 Å². The van der Waals surface area contributed by atoms with Crippen molar-refractivity contribution in [3.8, 4) is 5.75 Å². The van der Waals surface area contributed by atoms with Gasteiger partial charge in [-0.1, -0.05) is 11.6 Å². The Morgan fingerprint density at radius 2 is 2.06 bits per heavy atom. The highest BCUT2D eigenvalue weighted by molar-refractivity contribution is 14.1. The van der Waals surface area contributed by atoms with Gasteiger partial charge in [0.2, 0.25) is 0 Å². The monoisotopic (exact) mass is 367 g/mol. The number of amides is 1. The first-order chi connectivity index (χ1) is 8.08. The van der Waals surface area contributed by atoms with Crippen molar-refractivity contribution in [1.82, 2.24) is 4.90 Å². The van der Waals surface area contributed by atoms with E-state index in [1.54, 1.807) is 17.0 Å². The number of carbonyl (C=O) groups is 1. The largest absolute Gasteiger partial charge is 0.483 e. The molecule has 0 spiro atoms. The fourth-order valence-corrected chi connectivity index (χ4v) is 2.05. The van der Waals surface area contributed by atoms with Crippen molar-refractivity contribution in [2.24, 2.45) is 0 Å². The van der Waals surface area contributed by atoms with Crippen molar-refractivity contribution in [3.05, 3.63) is 26.8 Å². The Bertz CT molecular complexity index is 394. The van der Waals surface area contributed by atoms with Crippen molar-refractivity contribution in [3.63, 3.8) is 0 Å². The molecular weight excluding hydrogens is 352 g/mol. The first-order valence-corrected chi connectivity index (χ1v) is 6.89. The lowest BCUT2D eigenvalue weighted by atomic mass is 10.3. The maximum atomic E-state index is 11.7. The zero-order valence-corrected chi connectivity index (χ0v) is 12.8. The average Bonchev–Trinajstić information content (AvgIpc) is 2.32. The van der Waals surface area contributed by atoms with E-state index in [9.17, 15) is 4.79 Å². The van der Waals surface area contributed by atoms with E-state index in [4.69, 9.17) is 16.3 Å². The fourth-order valence-electron chi connectivity index (χ4n) is 1.39. The maximum absolute atomic E-state index is 11.7. The van der Waals surface area contributed by atoms with Crippen molar-refractivity contribution in [1.29, 1.82) is 0 Å². The number of carbonyl (C=O) groups excluding carboxylic acids is 1. The van der Waals surface area contributed by atoms with Crippen LogP contribution < -0.4 is 4.74 Å². The molecular formula is C12H15ClINO2. The molecule has 0 saturated carbocycles. The van der Waals surface area contributed by atoms with Crippen LogP contribution in [-0.4, -0.2) is 30.5 Å². The predicted molar refractivity (Wildman–Crippen MR) is 77.6 cm³/mol. The second-order valence-corrected chi connectivity index (χ2v) is 5.03. The Morgan fingerprint density at radius 3 is 2.65 bits per heavy atom. The normalized spacial score (nSPS) is 10.1. The van der Waals surface area contributed by atoms with Gasteiger partial charge in [-0.15, -0.1) is 0 Å². The molecule has 0 radical (unpaired) electrons. The molecule has 0 aliphatic heterocycles. The van der Waals surface area contributed by atoms with E-state index in [0.29, 0.717) is 23.9 Å². The van der Waals surface area contributed by atoms with Gasteiger partial charge in [-0.25, -0.2) is 0 Å². The van der Waals surface area contributed by atoms with Crippen LogP contribution in [0.2, 0.25) is 5.02 Å². The van der Waals surface area contributed by atoms with E-state index in [2.05, 4.69) is 22.6 Å². The van der Waals surface area contributed by atoms with Crippen molar-refractivity contribution >= 4 is 40.1 Å². The number of benzene rings is 1. The number of hydrogen-bond donors (Lipinski definition) is 0. The highest BCUT2D eigenvalue weighted by Crippen LogP contribution is 2.24. The standard InChI is InChI=1S/C12H15ClINO2/c1-3-15(4-2)12(16)8-17-11-7-9(13)5-6-10(11)14/h5-7H,3-4,8H2,1-2H3. The summed E-state index contributed by atoms with van der Waals surface area (Å²) < 4.78 is 6.42. The lowest BCUT2D eigenvalue weighted by molar-refractivity contribution is -0.132. The molecule has 0 aliphatic carbocycles. The van der Waals surface area contributed by atoms with Gasteiger partial charge >= 0.3 is 0 Å². The fraction of sp³-hybridized carbons (Fsp3) is 0.417. The van der Waals surface area contributed by atoms with Crippen molar-refractivity contribution < 1.29 is 9.53 Å². The number of hydrogen-bond acceptors (Lipinski definition) is 2. The van der Waals surface area contributed by atoms with Crippen molar-refractivity contribution in [2.75, 3.05) is 19.7 Å². The molecule has 0 aliphatic rings. The summed E-state index contributed by atoms with van der Waals surface area (Å²) in [5, 5.41) is 0.607. The van der Waals surface area contributed by atoms with E-state index in [1.807, 2.05) is 19.9 Å². The number of nitrogens with zero attached hydrogens (tertiary/aromatic N) is 1. The third kappa shape index (κ3) is 4.35. The molecule has 1 rings (SSSR count). The minimum Gasteiger partial charge on any atom is -0.483 e. The molecule has 1 aromatic rings. The van der Waals surface area contributed by atoms with Gasteiger partial charge in [-0.2, -0.15) is 0 Å². The Hall–Kier alpha value is -0.490. The number of halogens is 2. The van der Waals surface area contributed by atoms with E-state index >= 15 is 0 Å². The quantitative estimate of drug-likeness (QED) is 0.748. The molecule has 0 fully saturated rings. The van der Waals surface area contributed by atoms with Crippen molar-refractivity contribution in [2.45, 2.75) is 13.8 Å². The van der Waals surface area contributed by atoms with Crippen LogP contribution in [0, 0.1) is 3.57 Å². The molecule has 3 nitrogen and oxygen atoms in total. The van der Waals surface area contributed by atoms with Crippen LogP contribution in [0.5, 0.6) is 5.75 Å². The molecule has 1 amide bonds. The first kappa shape index (κ1) is 14.6. The van der Waals surface area contributed by atoms with Gasteiger partial charge < -0.3 is 9.64 Å². The lowest BCUT2D eigenvalue weighted by Gasteiger charge is -2.18. The van der Waals surface area contributed by atoms with Gasteiger partial charge in [-0.3, -0.25) is 4.79 Å². The summed E-state index contributed by atoms with van der Waals surface area (Å²) in [6, 6.07) is 5.38. The zero-order chi connectivity index (χ0) is 12.8. The number of ether oxygens (including phenoxy) is 1. The van der Waals surface area contributed by atoms with Crippen LogP contribution in [0.4, 0.5) is 0 Å². The molecule has 0 heterocycles. The zero-order valence-electron chi connectivity index (χ0n) is 9.87. The SMILES string of the molecule is CCN(CC)C(=O)COc1cc(Cl)ccc1I. The van der Waals surface area contributed by atoms with Gasteiger partial charge in [0.25, 0.3) is 5.91 Å². The van der Waals surface area contributed by atoms with Gasteiger partial charge in [0.05, 0.1) is 3.57 Å². The molecule has 94 valence electrons. The number of rotatable bonds is 5. The minimum atomic E-state index is -0.00854. The number of likely N-dealkylation sites (N-methyl/N-ethyl adjacent to an activating group) is 1. The van der Waals surface area contributed by atoms with Crippen LogP contribution in [0.15, 0.2) is 18.2 Å². The summed E-state index contributed by atoms with van der Waals surface area (Å²) in [4.78, 5) is 13.5. The average molecular weight is 368 g/mol. The third-order valence-corrected chi connectivity index (χ3v) is 3.49. The summed E-state index contributed by atoms with van der Waals surface area (Å²) in [5.41, 5.74) is 0. The summed E-state index contributed by atoms with van der Waals surface area (Å²) in [6.45, 7) is 5.35. The third-order valence-electron chi connectivity index (χ3n) is 2.36. The molecule has 17 heavy (non-hydrogen) atoms. The second kappa shape index (κ2) is 7.06. The first-order valence-electron chi connectivity index (χ1n) is 5.44. The summed E-state index contributed by atoms with van der Waals surface area (Å²) in [5.74, 6) is 0.643. The maximum Gasteiger partial charge on any atom is 0.260 e. The van der Waals surface area contributed by atoms with Gasteiger partial charge in [0, 0.05) is 18.1 Å². The minimum absolute atomic E-state index is 0.00854. The van der Waals surface area contributed by atoms with Gasteiger partial charge in [-0.05, 0) is 54.6 Å². The summed E-state index contributed by atoms with van der Waals surface area (Å²) in [6.07, 6.45) is 0. The molecule has 0 aromatic heterocycles. The highest BCUT2D eigenvalue weighted by Gasteiger charge is 2.11. The Balaban J connectivity index is 2.61. The Kier molecular flexibility index (Phi) is 6.05. The van der Waals surface area contributed by atoms with Crippen LogP contribution in [0.25, 0.3) is 0 Å². The molecule has 0 saturated heterocycles. The predicted octanol–water partition coefficient (Wildman–Crippen LogP) is 3.19. The molecule has 1 aromatic carbocycles. The lowest BCUT2D eigenvalue weighted by Crippen LogP contribution is -2.34. The van der Waals surface area contributed by atoms with E-state index in [-0.39, 0.29) is 12.5 Å². The molecule has 5 heteroatoms. The summed E-state index contributed by atoms with van der Waals surface area (Å²) >= 11 is 8.02. The van der Waals surface area contributed by atoms with E-state index in [1.165, 1.54) is 0 Å². The molecule has 0 unspecified atom stereocenters. The molecule has 0 N–H and O–H groups in total. The summed E-state index contributed by atoms with van der Waals surface area (Å²) in [7, 11) is 0. The van der Waals surface area contributed by atoms with Crippen LogP contribution in [0.3, 0.4) is 0 Å².